The number of aliphatic hydroxyl groups excluding tert-OH is 1. The van der Waals surface area contributed by atoms with Gasteiger partial charge < -0.3 is 10.4 Å². The van der Waals surface area contributed by atoms with Crippen molar-refractivity contribution in [3.63, 3.8) is 0 Å². The van der Waals surface area contributed by atoms with Crippen LogP contribution in [0.2, 0.25) is 0 Å². The van der Waals surface area contributed by atoms with E-state index in [-0.39, 0.29) is 23.7 Å². The van der Waals surface area contributed by atoms with Gasteiger partial charge in [-0.05, 0) is 24.5 Å². The molecule has 3 nitrogen and oxygen atoms in total. The molecule has 76 valence electrons. The maximum absolute atomic E-state index is 11.5. The van der Waals surface area contributed by atoms with Crippen molar-refractivity contribution in [2.45, 2.75) is 25.0 Å². The van der Waals surface area contributed by atoms with Crippen molar-refractivity contribution in [1.82, 2.24) is 5.32 Å². The van der Waals surface area contributed by atoms with Gasteiger partial charge in [0.15, 0.2) is 0 Å². The van der Waals surface area contributed by atoms with E-state index in [1.165, 1.54) is 0 Å². The van der Waals surface area contributed by atoms with Crippen LogP contribution < -0.4 is 5.32 Å². The Morgan fingerprint density at radius 2 is 2.54 bits per heavy atom. The molecular weight excluding hydrogens is 186 g/mol. The van der Waals surface area contributed by atoms with Crippen molar-refractivity contribution in [3.05, 3.63) is 0 Å². The average molecular weight is 203 g/mol. The molecule has 0 saturated carbocycles. The highest BCUT2D eigenvalue weighted by atomic mass is 32.2. The largest absolute Gasteiger partial charge is 0.396 e. The third-order valence-corrected chi connectivity index (χ3v) is 3.54. The summed E-state index contributed by atoms with van der Waals surface area (Å²) in [6, 6.07) is 0. The van der Waals surface area contributed by atoms with Crippen LogP contribution in [0.1, 0.15) is 19.8 Å². The first-order chi connectivity index (χ1) is 6.24. The smallest absolute Gasteiger partial charge is 0.233 e. The van der Waals surface area contributed by atoms with Crippen LogP contribution in [0, 0.1) is 5.92 Å². The van der Waals surface area contributed by atoms with E-state index in [1.807, 2.05) is 6.92 Å². The molecule has 13 heavy (non-hydrogen) atoms. The average Bonchev–Trinajstić information content (AvgIpc) is 2.66. The molecule has 1 amide bonds. The van der Waals surface area contributed by atoms with Gasteiger partial charge in [-0.1, -0.05) is 6.92 Å². The van der Waals surface area contributed by atoms with Gasteiger partial charge in [0.25, 0.3) is 0 Å². The van der Waals surface area contributed by atoms with Crippen molar-refractivity contribution < 1.29 is 9.90 Å². The van der Waals surface area contributed by atoms with Gasteiger partial charge in [0, 0.05) is 13.2 Å². The number of amides is 1. The molecule has 1 fully saturated rings. The number of hydrogen-bond donors (Lipinski definition) is 2. The van der Waals surface area contributed by atoms with E-state index in [4.69, 9.17) is 5.11 Å². The summed E-state index contributed by atoms with van der Waals surface area (Å²) in [5.41, 5.74) is 0. The molecule has 0 bridgehead atoms. The normalized spacial score (nSPS) is 24.3. The fourth-order valence-electron chi connectivity index (χ4n) is 1.24. The summed E-state index contributed by atoms with van der Waals surface area (Å²) >= 11 is 1.74. The number of nitrogens with one attached hydrogen (secondary N) is 1. The van der Waals surface area contributed by atoms with E-state index in [9.17, 15) is 4.79 Å². The second-order valence-corrected chi connectivity index (χ2v) is 4.85. The Kier molecular flexibility index (Phi) is 4.59. The van der Waals surface area contributed by atoms with Crippen LogP contribution in [0.15, 0.2) is 0 Å². The molecule has 0 aromatic rings. The van der Waals surface area contributed by atoms with Crippen molar-refractivity contribution in [2.75, 3.05) is 18.9 Å². The molecule has 2 N–H and O–H groups in total. The molecule has 1 rings (SSSR count). The molecule has 0 aromatic carbocycles. The van der Waals surface area contributed by atoms with Gasteiger partial charge >= 0.3 is 0 Å². The summed E-state index contributed by atoms with van der Waals surface area (Å²) in [4.78, 5) is 11.5. The molecule has 1 aliphatic heterocycles. The van der Waals surface area contributed by atoms with Gasteiger partial charge in [-0.25, -0.2) is 0 Å². The van der Waals surface area contributed by atoms with Crippen molar-refractivity contribution in [1.29, 1.82) is 0 Å². The number of rotatable bonds is 4. The summed E-state index contributed by atoms with van der Waals surface area (Å²) in [5.74, 6) is 1.41. The second kappa shape index (κ2) is 5.50. The number of carbonyl (C=O) groups is 1. The zero-order chi connectivity index (χ0) is 9.68. The Balaban J connectivity index is 2.16. The molecule has 1 heterocycles. The SMILES string of the molecule is CC(CO)CNC(=O)C1CCCS1. The van der Waals surface area contributed by atoms with E-state index in [1.54, 1.807) is 11.8 Å². The standard InChI is InChI=1S/C9H17NO2S/c1-7(6-11)5-10-9(12)8-3-2-4-13-8/h7-8,11H,2-6H2,1H3,(H,10,12). The molecule has 1 aliphatic rings. The number of aliphatic hydroxyl groups is 1. The van der Waals surface area contributed by atoms with Crippen LogP contribution in [0.3, 0.4) is 0 Å². The minimum absolute atomic E-state index is 0.137. The molecular formula is C9H17NO2S. The van der Waals surface area contributed by atoms with E-state index < -0.39 is 0 Å². The summed E-state index contributed by atoms with van der Waals surface area (Å²) in [7, 11) is 0. The minimum Gasteiger partial charge on any atom is -0.396 e. The highest BCUT2D eigenvalue weighted by molar-refractivity contribution is 8.00. The molecule has 0 spiro atoms. The Morgan fingerprint density at radius 3 is 3.08 bits per heavy atom. The molecule has 0 radical (unpaired) electrons. The maximum atomic E-state index is 11.5. The summed E-state index contributed by atoms with van der Waals surface area (Å²) in [6.45, 7) is 2.65. The van der Waals surface area contributed by atoms with Crippen molar-refractivity contribution in [3.8, 4) is 0 Å². The first kappa shape index (κ1) is 10.9. The van der Waals surface area contributed by atoms with Crippen molar-refractivity contribution in [2.24, 2.45) is 5.92 Å². The lowest BCUT2D eigenvalue weighted by Gasteiger charge is -2.12. The van der Waals surface area contributed by atoms with Gasteiger partial charge in [0.2, 0.25) is 5.91 Å². The van der Waals surface area contributed by atoms with Gasteiger partial charge in [-0.3, -0.25) is 4.79 Å². The van der Waals surface area contributed by atoms with Crippen LogP contribution in [0.25, 0.3) is 0 Å². The zero-order valence-corrected chi connectivity index (χ0v) is 8.77. The van der Waals surface area contributed by atoms with Crippen LogP contribution in [0.4, 0.5) is 0 Å². The first-order valence-corrected chi connectivity index (χ1v) is 5.79. The minimum atomic E-state index is 0.137. The Morgan fingerprint density at radius 1 is 1.77 bits per heavy atom. The van der Waals surface area contributed by atoms with E-state index in [2.05, 4.69) is 5.32 Å². The van der Waals surface area contributed by atoms with Crippen LogP contribution >= 0.6 is 11.8 Å². The second-order valence-electron chi connectivity index (χ2n) is 3.53. The van der Waals surface area contributed by atoms with E-state index in [0.29, 0.717) is 6.54 Å². The molecule has 1 saturated heterocycles. The lowest BCUT2D eigenvalue weighted by molar-refractivity contribution is -0.120. The zero-order valence-electron chi connectivity index (χ0n) is 7.95. The fourth-order valence-corrected chi connectivity index (χ4v) is 2.42. The molecule has 2 atom stereocenters. The highest BCUT2D eigenvalue weighted by Crippen LogP contribution is 2.25. The van der Waals surface area contributed by atoms with Gasteiger partial charge in [-0.15, -0.1) is 11.8 Å². The summed E-state index contributed by atoms with van der Waals surface area (Å²) in [5, 5.41) is 11.8. The lowest BCUT2D eigenvalue weighted by Crippen LogP contribution is -2.35. The Hall–Kier alpha value is -0.220. The number of carbonyl (C=O) groups excluding carboxylic acids is 1. The highest BCUT2D eigenvalue weighted by Gasteiger charge is 2.22. The van der Waals surface area contributed by atoms with E-state index in [0.717, 1.165) is 18.6 Å². The van der Waals surface area contributed by atoms with Gasteiger partial charge in [-0.2, -0.15) is 0 Å². The lowest BCUT2D eigenvalue weighted by atomic mass is 10.2. The maximum Gasteiger partial charge on any atom is 0.233 e. The molecule has 2 unspecified atom stereocenters. The predicted octanol–water partition coefficient (Wildman–Crippen LogP) is 0.627. The quantitative estimate of drug-likeness (QED) is 0.704. The monoisotopic (exact) mass is 203 g/mol. The third kappa shape index (κ3) is 3.56. The summed E-state index contributed by atoms with van der Waals surface area (Å²) in [6.07, 6.45) is 2.16. The Labute approximate surface area is 83.3 Å². The third-order valence-electron chi connectivity index (χ3n) is 2.16. The van der Waals surface area contributed by atoms with Gasteiger partial charge in [0.05, 0.1) is 5.25 Å². The topological polar surface area (TPSA) is 49.3 Å². The predicted molar refractivity (Wildman–Crippen MR) is 54.7 cm³/mol. The summed E-state index contributed by atoms with van der Waals surface area (Å²) < 4.78 is 0. The Bertz CT molecular complexity index is 169. The molecule has 4 heteroatoms. The molecule has 0 aliphatic carbocycles. The van der Waals surface area contributed by atoms with Crippen LogP contribution in [-0.2, 0) is 4.79 Å². The number of hydrogen-bond acceptors (Lipinski definition) is 3. The van der Waals surface area contributed by atoms with Crippen LogP contribution in [-0.4, -0.2) is 35.2 Å². The van der Waals surface area contributed by atoms with Crippen LogP contribution in [0.5, 0.6) is 0 Å². The number of thioether (sulfide) groups is 1. The van der Waals surface area contributed by atoms with E-state index >= 15 is 0 Å². The molecule has 0 aromatic heterocycles. The fraction of sp³-hybridized carbons (Fsp3) is 0.889. The van der Waals surface area contributed by atoms with Crippen molar-refractivity contribution >= 4 is 17.7 Å². The first-order valence-electron chi connectivity index (χ1n) is 4.74. The van der Waals surface area contributed by atoms with Gasteiger partial charge in [0.1, 0.15) is 0 Å².